The molecule has 0 fully saturated rings. The Morgan fingerprint density at radius 3 is 3.00 bits per heavy atom. The van der Waals surface area contributed by atoms with E-state index in [0.717, 1.165) is 25.2 Å². The van der Waals surface area contributed by atoms with E-state index in [0.29, 0.717) is 6.42 Å². The Kier molecular flexibility index (Phi) is 4.14. The van der Waals surface area contributed by atoms with Crippen LogP contribution in [0.4, 0.5) is 0 Å². The third-order valence-electron chi connectivity index (χ3n) is 2.70. The fourth-order valence-electron chi connectivity index (χ4n) is 1.67. The Labute approximate surface area is 84.8 Å². The lowest BCUT2D eigenvalue weighted by molar-refractivity contribution is -0.150. The van der Waals surface area contributed by atoms with Crippen LogP contribution in [0.15, 0.2) is 11.6 Å². The summed E-state index contributed by atoms with van der Waals surface area (Å²) in [7, 11) is 1.29. The maximum Gasteiger partial charge on any atom is 0.335 e. The minimum Gasteiger partial charge on any atom is -0.467 e. The molecule has 0 saturated carbocycles. The molecule has 0 bridgehead atoms. The van der Waals surface area contributed by atoms with E-state index >= 15 is 0 Å². The second kappa shape index (κ2) is 5.15. The molecule has 0 spiro atoms. The summed E-state index contributed by atoms with van der Waals surface area (Å²) in [4.78, 5) is 11.0. The van der Waals surface area contributed by atoms with Crippen molar-refractivity contribution in [1.82, 2.24) is 0 Å². The molecule has 0 heterocycles. The van der Waals surface area contributed by atoms with Gasteiger partial charge in [0.25, 0.3) is 0 Å². The molecule has 0 saturated heterocycles. The molecule has 0 amide bonds. The topological polar surface area (TPSA) is 46.5 Å². The Hall–Kier alpha value is -0.830. The fraction of sp³-hybridized carbons (Fsp3) is 0.727. The Morgan fingerprint density at radius 1 is 1.79 bits per heavy atom. The predicted molar refractivity (Wildman–Crippen MR) is 53.7 cm³/mol. The largest absolute Gasteiger partial charge is 0.467 e. The molecule has 0 aliphatic heterocycles. The molecule has 3 heteroatoms. The molecule has 2 atom stereocenters. The van der Waals surface area contributed by atoms with Gasteiger partial charge in [0.1, 0.15) is 0 Å². The number of esters is 1. The standard InChI is InChI=1S/C11H18O3/c1-8-3-5-9(6-4-8)7-10(12)11(13)14-2/h5,8,10,12H,3-4,6-7H2,1-2H3/t8-,10+/m0/s1. The number of ether oxygens (including phenoxy) is 1. The highest BCUT2D eigenvalue weighted by Crippen LogP contribution is 2.25. The molecule has 0 radical (unpaired) electrons. The van der Waals surface area contributed by atoms with Gasteiger partial charge >= 0.3 is 5.97 Å². The summed E-state index contributed by atoms with van der Waals surface area (Å²) < 4.78 is 4.46. The molecule has 80 valence electrons. The molecular weight excluding hydrogens is 180 g/mol. The van der Waals surface area contributed by atoms with Crippen molar-refractivity contribution in [2.24, 2.45) is 5.92 Å². The monoisotopic (exact) mass is 198 g/mol. The number of hydrogen-bond donors (Lipinski definition) is 1. The lowest BCUT2D eigenvalue weighted by atomic mass is 9.89. The van der Waals surface area contributed by atoms with E-state index in [1.54, 1.807) is 0 Å². The average Bonchev–Trinajstić information content (AvgIpc) is 2.20. The van der Waals surface area contributed by atoms with Crippen molar-refractivity contribution in [2.45, 2.75) is 38.7 Å². The van der Waals surface area contributed by atoms with E-state index in [1.165, 1.54) is 12.7 Å². The maximum absolute atomic E-state index is 11.0. The second-order valence-corrected chi connectivity index (χ2v) is 3.99. The number of carbonyl (C=O) groups is 1. The van der Waals surface area contributed by atoms with Crippen LogP contribution in [0, 0.1) is 5.92 Å². The van der Waals surface area contributed by atoms with Gasteiger partial charge in [-0.05, 0) is 25.2 Å². The number of aliphatic hydroxyl groups excluding tert-OH is 1. The van der Waals surface area contributed by atoms with Crippen molar-refractivity contribution >= 4 is 5.97 Å². The number of carbonyl (C=O) groups excluding carboxylic acids is 1. The molecule has 1 N–H and O–H groups in total. The third kappa shape index (κ3) is 3.14. The molecule has 3 nitrogen and oxygen atoms in total. The highest BCUT2D eigenvalue weighted by atomic mass is 16.5. The molecular formula is C11H18O3. The first-order chi connectivity index (χ1) is 6.63. The van der Waals surface area contributed by atoms with Gasteiger partial charge in [0, 0.05) is 6.42 Å². The predicted octanol–water partition coefficient (Wildman–Crippen LogP) is 1.66. The smallest absolute Gasteiger partial charge is 0.335 e. The molecule has 0 aromatic heterocycles. The van der Waals surface area contributed by atoms with Crippen LogP contribution in [0.25, 0.3) is 0 Å². The summed E-state index contributed by atoms with van der Waals surface area (Å²) in [6, 6.07) is 0. The molecule has 0 aromatic carbocycles. The first-order valence-corrected chi connectivity index (χ1v) is 5.07. The van der Waals surface area contributed by atoms with Gasteiger partial charge in [-0.2, -0.15) is 0 Å². The molecule has 0 unspecified atom stereocenters. The van der Waals surface area contributed by atoms with E-state index in [9.17, 15) is 9.90 Å². The highest BCUT2D eigenvalue weighted by Gasteiger charge is 2.19. The van der Waals surface area contributed by atoms with Gasteiger partial charge in [-0.15, -0.1) is 0 Å². The summed E-state index contributed by atoms with van der Waals surface area (Å²) in [6.07, 6.45) is 4.79. The Bertz CT molecular complexity index is 233. The zero-order valence-corrected chi connectivity index (χ0v) is 8.82. The van der Waals surface area contributed by atoms with Crippen LogP contribution in [-0.2, 0) is 9.53 Å². The van der Waals surface area contributed by atoms with Crippen molar-refractivity contribution in [3.05, 3.63) is 11.6 Å². The van der Waals surface area contributed by atoms with E-state index in [1.807, 2.05) is 0 Å². The lowest BCUT2D eigenvalue weighted by Gasteiger charge is -2.19. The molecule has 0 aromatic rings. The molecule has 1 rings (SSSR count). The third-order valence-corrected chi connectivity index (χ3v) is 2.70. The lowest BCUT2D eigenvalue weighted by Crippen LogP contribution is -2.22. The number of rotatable bonds is 3. The van der Waals surface area contributed by atoms with Crippen molar-refractivity contribution in [3.63, 3.8) is 0 Å². The number of aliphatic hydroxyl groups is 1. The van der Waals surface area contributed by atoms with Gasteiger partial charge in [-0.3, -0.25) is 0 Å². The second-order valence-electron chi connectivity index (χ2n) is 3.99. The van der Waals surface area contributed by atoms with E-state index in [4.69, 9.17) is 0 Å². The summed E-state index contributed by atoms with van der Waals surface area (Å²) in [5.41, 5.74) is 1.18. The van der Waals surface area contributed by atoms with Crippen molar-refractivity contribution in [2.75, 3.05) is 7.11 Å². The van der Waals surface area contributed by atoms with Crippen LogP contribution < -0.4 is 0 Å². The highest BCUT2D eigenvalue weighted by molar-refractivity contribution is 5.74. The van der Waals surface area contributed by atoms with Crippen molar-refractivity contribution in [1.29, 1.82) is 0 Å². The minimum atomic E-state index is -0.986. The van der Waals surface area contributed by atoms with E-state index < -0.39 is 12.1 Å². The fourth-order valence-corrected chi connectivity index (χ4v) is 1.67. The van der Waals surface area contributed by atoms with Gasteiger partial charge in [0.2, 0.25) is 0 Å². The van der Waals surface area contributed by atoms with Gasteiger partial charge in [0.15, 0.2) is 6.10 Å². The zero-order chi connectivity index (χ0) is 10.6. The summed E-state index contributed by atoms with van der Waals surface area (Å²) in [5, 5.41) is 9.42. The van der Waals surface area contributed by atoms with Crippen molar-refractivity contribution in [3.8, 4) is 0 Å². The van der Waals surface area contributed by atoms with Crippen molar-refractivity contribution < 1.29 is 14.6 Å². The molecule has 1 aliphatic carbocycles. The van der Waals surface area contributed by atoms with E-state index in [2.05, 4.69) is 17.7 Å². The molecule has 14 heavy (non-hydrogen) atoms. The average molecular weight is 198 g/mol. The van der Waals surface area contributed by atoms with Crippen LogP contribution in [-0.4, -0.2) is 24.3 Å². The maximum atomic E-state index is 11.0. The van der Waals surface area contributed by atoms with Crippen LogP contribution in [0.5, 0.6) is 0 Å². The van der Waals surface area contributed by atoms with Gasteiger partial charge in [0.05, 0.1) is 7.11 Å². The van der Waals surface area contributed by atoms with Crippen LogP contribution in [0.2, 0.25) is 0 Å². The first kappa shape index (κ1) is 11.2. The normalized spacial score (nSPS) is 23.9. The minimum absolute atomic E-state index is 0.430. The number of methoxy groups -OCH3 is 1. The van der Waals surface area contributed by atoms with Gasteiger partial charge < -0.3 is 9.84 Å². The number of allylic oxidation sites excluding steroid dienone is 1. The quantitative estimate of drug-likeness (QED) is 0.554. The summed E-state index contributed by atoms with van der Waals surface area (Å²) >= 11 is 0. The summed E-state index contributed by atoms with van der Waals surface area (Å²) in [6.45, 7) is 2.21. The Balaban J connectivity index is 2.41. The van der Waals surface area contributed by atoms with Gasteiger partial charge in [-0.25, -0.2) is 4.79 Å². The Morgan fingerprint density at radius 2 is 2.50 bits per heavy atom. The number of hydrogen-bond acceptors (Lipinski definition) is 3. The van der Waals surface area contributed by atoms with E-state index in [-0.39, 0.29) is 0 Å². The summed E-state index contributed by atoms with van der Waals surface area (Å²) in [5.74, 6) is 0.193. The van der Waals surface area contributed by atoms with Crippen LogP contribution in [0.3, 0.4) is 0 Å². The van der Waals surface area contributed by atoms with Gasteiger partial charge in [-0.1, -0.05) is 18.6 Å². The first-order valence-electron chi connectivity index (χ1n) is 5.07. The zero-order valence-electron chi connectivity index (χ0n) is 8.82. The van der Waals surface area contributed by atoms with Crippen LogP contribution >= 0.6 is 0 Å². The SMILES string of the molecule is COC(=O)[C@H](O)CC1=CC[C@H](C)CC1. The van der Waals surface area contributed by atoms with Crippen LogP contribution in [0.1, 0.15) is 32.6 Å². The molecule has 1 aliphatic rings.